The van der Waals surface area contributed by atoms with Crippen LogP contribution in [0.1, 0.15) is 39.2 Å². The predicted octanol–water partition coefficient (Wildman–Crippen LogP) is 6.95. The van der Waals surface area contributed by atoms with E-state index in [0.29, 0.717) is 23.7 Å². The molecule has 0 atom stereocenters. The molecule has 0 saturated carbocycles. The van der Waals surface area contributed by atoms with Crippen molar-refractivity contribution in [1.29, 1.82) is 0 Å². The summed E-state index contributed by atoms with van der Waals surface area (Å²) in [5.74, 6) is 1.02. The molecule has 9 heteroatoms. The number of nitrogens with one attached hydrogen (secondary N) is 2. The zero-order chi connectivity index (χ0) is 23.8. The summed E-state index contributed by atoms with van der Waals surface area (Å²) in [5.41, 5.74) is 0.101. The van der Waals surface area contributed by atoms with Gasteiger partial charge in [0.25, 0.3) is 0 Å². The van der Waals surface area contributed by atoms with Crippen LogP contribution < -0.4 is 20.1 Å². The summed E-state index contributed by atoms with van der Waals surface area (Å²) in [5, 5.41) is 5.67. The van der Waals surface area contributed by atoms with Crippen molar-refractivity contribution >= 4 is 23.1 Å². The van der Waals surface area contributed by atoms with Crippen LogP contribution in [-0.2, 0) is 6.18 Å². The Morgan fingerprint density at radius 3 is 2.09 bits per heavy atom. The fourth-order valence-electron chi connectivity index (χ4n) is 2.87. The highest BCUT2D eigenvalue weighted by atomic mass is 19.4. The van der Waals surface area contributed by atoms with Gasteiger partial charge in [-0.1, -0.05) is 13.3 Å². The number of alkyl halides is 3. The second kappa shape index (κ2) is 10.9. The van der Waals surface area contributed by atoms with Crippen LogP contribution in [0.3, 0.4) is 0 Å². The third kappa shape index (κ3) is 7.27. The van der Waals surface area contributed by atoms with Crippen molar-refractivity contribution in [3.8, 4) is 11.5 Å². The molecule has 33 heavy (non-hydrogen) atoms. The first-order valence-corrected chi connectivity index (χ1v) is 10.7. The van der Waals surface area contributed by atoms with Crippen LogP contribution in [0.5, 0.6) is 11.5 Å². The molecule has 3 aromatic rings. The topological polar surface area (TPSA) is 68.3 Å². The van der Waals surface area contributed by atoms with Crippen molar-refractivity contribution in [3.63, 3.8) is 0 Å². The first kappa shape index (κ1) is 24.2. The second-order valence-corrected chi connectivity index (χ2v) is 7.62. The Hall–Kier alpha value is -3.49. The highest BCUT2D eigenvalue weighted by Crippen LogP contribution is 2.35. The van der Waals surface area contributed by atoms with E-state index < -0.39 is 11.7 Å². The number of aromatic nitrogens is 2. The zero-order valence-corrected chi connectivity index (χ0v) is 18.7. The molecule has 0 aliphatic heterocycles. The summed E-state index contributed by atoms with van der Waals surface area (Å²) in [6, 6.07) is 13.7. The number of nitrogens with zero attached hydrogens (tertiary/aromatic N) is 2. The summed E-state index contributed by atoms with van der Waals surface area (Å²) in [6.45, 7) is 6.50. The quantitative estimate of drug-likeness (QED) is 0.319. The van der Waals surface area contributed by atoms with Crippen molar-refractivity contribution < 1.29 is 22.6 Å². The Balaban J connectivity index is 1.77. The van der Waals surface area contributed by atoms with E-state index in [4.69, 9.17) is 9.47 Å². The van der Waals surface area contributed by atoms with Gasteiger partial charge in [0.1, 0.15) is 22.9 Å². The van der Waals surface area contributed by atoms with Gasteiger partial charge in [0, 0.05) is 17.6 Å². The normalized spacial score (nSPS) is 11.4. The Kier molecular flexibility index (Phi) is 7.97. The zero-order valence-electron chi connectivity index (χ0n) is 18.7. The molecule has 1 aromatic heterocycles. The molecule has 0 bridgehead atoms. The van der Waals surface area contributed by atoms with Crippen molar-refractivity contribution in [2.75, 3.05) is 17.2 Å². The van der Waals surface area contributed by atoms with Gasteiger partial charge in [-0.3, -0.25) is 0 Å². The largest absolute Gasteiger partial charge is 0.494 e. The second-order valence-electron chi connectivity index (χ2n) is 7.62. The minimum atomic E-state index is -4.61. The Bertz CT molecular complexity index is 1020. The average molecular weight is 461 g/mol. The maximum atomic E-state index is 13.5. The number of hydrogen-bond donors (Lipinski definition) is 2. The van der Waals surface area contributed by atoms with Gasteiger partial charge in [-0.15, -0.1) is 0 Å². The van der Waals surface area contributed by atoms with E-state index >= 15 is 0 Å². The lowest BCUT2D eigenvalue weighted by molar-refractivity contribution is -0.137. The molecule has 2 aromatic carbocycles. The summed E-state index contributed by atoms with van der Waals surface area (Å²) in [4.78, 5) is 7.91. The van der Waals surface area contributed by atoms with Crippen LogP contribution in [0.15, 0.2) is 54.7 Å². The van der Waals surface area contributed by atoms with Crippen molar-refractivity contribution in [3.05, 3.63) is 60.3 Å². The van der Waals surface area contributed by atoms with Crippen LogP contribution in [-0.4, -0.2) is 22.7 Å². The lowest BCUT2D eigenvalue weighted by atomic mass is 10.2. The van der Waals surface area contributed by atoms with Crippen LogP contribution in [0.25, 0.3) is 0 Å². The molecule has 3 rings (SSSR count). The molecule has 0 unspecified atom stereocenters. The number of halogens is 3. The SMILES string of the molecule is CCCCOc1ccc(Nc2ncc(C(F)(F)F)c(Nc3ccc(OC(C)C)cc3)n2)cc1. The standard InChI is InChI=1S/C24H27F3N4O2/c1-4-5-14-32-19-10-6-18(7-11-19)30-23-28-15-21(24(25,26)27)22(31-23)29-17-8-12-20(13-9-17)33-16(2)3/h6-13,15-16H,4-5,14H2,1-3H3,(H2,28,29,30,31). The van der Waals surface area contributed by atoms with Gasteiger partial charge in [-0.05, 0) is 68.8 Å². The maximum absolute atomic E-state index is 13.5. The molecule has 2 N–H and O–H groups in total. The van der Waals surface area contributed by atoms with Crippen molar-refractivity contribution in [2.24, 2.45) is 0 Å². The van der Waals surface area contributed by atoms with Crippen LogP contribution >= 0.6 is 0 Å². The van der Waals surface area contributed by atoms with Crippen LogP contribution in [0, 0.1) is 0 Å². The number of unbranched alkanes of at least 4 members (excludes halogenated alkanes) is 1. The summed E-state index contributed by atoms with van der Waals surface area (Å²) < 4.78 is 51.7. The maximum Gasteiger partial charge on any atom is 0.421 e. The van der Waals surface area contributed by atoms with Crippen molar-refractivity contribution in [2.45, 2.75) is 45.9 Å². The minimum absolute atomic E-state index is 0.00638. The molecule has 1 heterocycles. The van der Waals surface area contributed by atoms with Gasteiger partial charge in [0.15, 0.2) is 0 Å². The lowest BCUT2D eigenvalue weighted by Crippen LogP contribution is -2.12. The van der Waals surface area contributed by atoms with E-state index in [-0.39, 0.29) is 17.9 Å². The minimum Gasteiger partial charge on any atom is -0.494 e. The van der Waals surface area contributed by atoms with E-state index in [1.54, 1.807) is 48.5 Å². The first-order valence-electron chi connectivity index (χ1n) is 10.7. The predicted molar refractivity (Wildman–Crippen MR) is 123 cm³/mol. The molecule has 0 aliphatic rings. The molecule has 0 aliphatic carbocycles. The summed E-state index contributed by atoms with van der Waals surface area (Å²) >= 11 is 0. The average Bonchev–Trinajstić information content (AvgIpc) is 2.75. The monoisotopic (exact) mass is 460 g/mol. The molecular weight excluding hydrogens is 433 g/mol. The molecule has 0 fully saturated rings. The Labute approximate surface area is 191 Å². The van der Waals surface area contributed by atoms with E-state index in [1.807, 2.05) is 13.8 Å². The molecule has 0 saturated heterocycles. The smallest absolute Gasteiger partial charge is 0.421 e. The molecule has 6 nitrogen and oxygen atoms in total. The van der Waals surface area contributed by atoms with Gasteiger partial charge in [-0.25, -0.2) is 4.98 Å². The van der Waals surface area contributed by atoms with E-state index in [9.17, 15) is 13.2 Å². The molecule has 0 amide bonds. The first-order chi connectivity index (χ1) is 15.7. The van der Waals surface area contributed by atoms with E-state index in [0.717, 1.165) is 24.8 Å². The number of anilines is 4. The van der Waals surface area contributed by atoms with Gasteiger partial charge < -0.3 is 20.1 Å². The van der Waals surface area contributed by atoms with Crippen LogP contribution in [0.4, 0.5) is 36.3 Å². The highest BCUT2D eigenvalue weighted by molar-refractivity contribution is 5.63. The van der Waals surface area contributed by atoms with E-state index in [2.05, 4.69) is 27.5 Å². The third-order valence-electron chi connectivity index (χ3n) is 4.46. The van der Waals surface area contributed by atoms with Gasteiger partial charge in [0.2, 0.25) is 5.95 Å². The number of ether oxygens (including phenoxy) is 2. The lowest BCUT2D eigenvalue weighted by Gasteiger charge is -2.15. The highest BCUT2D eigenvalue weighted by Gasteiger charge is 2.35. The summed E-state index contributed by atoms with van der Waals surface area (Å²) in [6.07, 6.45) is -1.86. The molecular formula is C24H27F3N4O2. The fraction of sp³-hybridized carbons (Fsp3) is 0.333. The van der Waals surface area contributed by atoms with Gasteiger partial charge >= 0.3 is 6.18 Å². The Morgan fingerprint density at radius 2 is 1.52 bits per heavy atom. The van der Waals surface area contributed by atoms with E-state index in [1.165, 1.54) is 0 Å². The Morgan fingerprint density at radius 1 is 0.909 bits per heavy atom. The molecule has 0 spiro atoms. The third-order valence-corrected chi connectivity index (χ3v) is 4.46. The number of rotatable bonds is 10. The number of hydrogen-bond acceptors (Lipinski definition) is 6. The fourth-order valence-corrected chi connectivity index (χ4v) is 2.87. The number of benzene rings is 2. The summed E-state index contributed by atoms with van der Waals surface area (Å²) in [7, 11) is 0. The molecule has 0 radical (unpaired) electrons. The van der Waals surface area contributed by atoms with Gasteiger partial charge in [0.05, 0.1) is 12.7 Å². The van der Waals surface area contributed by atoms with Gasteiger partial charge in [-0.2, -0.15) is 18.2 Å². The molecule has 176 valence electrons. The van der Waals surface area contributed by atoms with Crippen LogP contribution in [0.2, 0.25) is 0 Å². The van der Waals surface area contributed by atoms with Crippen molar-refractivity contribution in [1.82, 2.24) is 9.97 Å².